The molecule has 1 aliphatic heterocycles. The summed E-state index contributed by atoms with van der Waals surface area (Å²) < 4.78 is 5.42. The van der Waals surface area contributed by atoms with E-state index >= 15 is 0 Å². The Labute approximate surface area is 179 Å². The molecule has 27 heavy (non-hydrogen) atoms. The van der Waals surface area contributed by atoms with Crippen molar-refractivity contribution in [2.45, 2.75) is 52.6 Å². The quantitative estimate of drug-likeness (QED) is 0.374. The van der Waals surface area contributed by atoms with Gasteiger partial charge in [0.15, 0.2) is 5.96 Å². The Morgan fingerprint density at radius 1 is 1.41 bits per heavy atom. The molecule has 0 saturated carbocycles. The normalized spacial score (nSPS) is 17.6. The molecule has 0 aromatic heterocycles. The summed E-state index contributed by atoms with van der Waals surface area (Å²) in [5.74, 6) is 1.18. The number of rotatable bonds is 4. The lowest BCUT2D eigenvalue weighted by molar-refractivity contribution is 0.0289. The maximum atomic E-state index is 12.1. The Balaban J connectivity index is 0.00000364. The van der Waals surface area contributed by atoms with Gasteiger partial charge in [0.25, 0.3) is 0 Å². The summed E-state index contributed by atoms with van der Waals surface area (Å²) in [6.07, 6.45) is 0.666. The molecule has 1 heterocycles. The second-order valence-corrected chi connectivity index (χ2v) is 8.21. The third kappa shape index (κ3) is 7.94. The summed E-state index contributed by atoms with van der Waals surface area (Å²) in [5, 5.41) is 3.15. The first kappa shape index (κ1) is 23.5. The molecular weight excluding hydrogens is 455 g/mol. The van der Waals surface area contributed by atoms with E-state index in [1.807, 2.05) is 32.9 Å². The van der Waals surface area contributed by atoms with E-state index in [4.69, 9.17) is 10.5 Å². The summed E-state index contributed by atoms with van der Waals surface area (Å²) in [5.41, 5.74) is 7.76. The monoisotopic (exact) mass is 488 g/mol. The maximum absolute atomic E-state index is 12.1. The minimum absolute atomic E-state index is 0. The van der Waals surface area contributed by atoms with E-state index in [0.717, 1.165) is 12.1 Å². The second-order valence-electron chi connectivity index (χ2n) is 8.21. The number of hydrogen-bond donors (Lipinski definition) is 2. The van der Waals surface area contributed by atoms with E-state index in [-0.39, 0.29) is 30.1 Å². The van der Waals surface area contributed by atoms with Crippen LogP contribution in [0.2, 0.25) is 0 Å². The van der Waals surface area contributed by atoms with Crippen molar-refractivity contribution in [2.24, 2.45) is 16.6 Å². The molecule has 3 N–H and O–H groups in total. The molecule has 1 aromatic rings. The number of aliphatic imine (C=N–C) groups is 1. The predicted molar refractivity (Wildman–Crippen MR) is 122 cm³/mol. The number of carbonyl (C=O) groups is 1. The summed E-state index contributed by atoms with van der Waals surface area (Å²) in [6.45, 7) is 11.9. The van der Waals surface area contributed by atoms with Gasteiger partial charge in [0.2, 0.25) is 0 Å². The summed E-state index contributed by atoms with van der Waals surface area (Å²) >= 11 is 0. The van der Waals surface area contributed by atoms with Crippen molar-refractivity contribution < 1.29 is 9.53 Å². The fraction of sp³-hybridized carbons (Fsp3) is 0.600. The van der Waals surface area contributed by atoms with Gasteiger partial charge in [-0.15, -0.1) is 24.0 Å². The van der Waals surface area contributed by atoms with E-state index < -0.39 is 5.60 Å². The number of likely N-dealkylation sites (tertiary alicyclic amines) is 1. The highest BCUT2D eigenvalue weighted by molar-refractivity contribution is 14.0. The third-order valence-electron chi connectivity index (χ3n) is 4.28. The number of hydrogen-bond acceptors (Lipinski definition) is 3. The van der Waals surface area contributed by atoms with Crippen molar-refractivity contribution in [3.05, 3.63) is 29.8 Å². The highest BCUT2D eigenvalue weighted by atomic mass is 127. The first-order valence-electron chi connectivity index (χ1n) is 9.29. The van der Waals surface area contributed by atoms with E-state index in [1.54, 1.807) is 4.90 Å². The standard InChI is InChI=1S/C20H32N4O2.HI/c1-14(2)16-7-6-8-17(11-16)23-18(21)22-12-15-9-10-24(13-15)19(25)26-20(3,4)5;/h6-8,11,14-15H,9-10,12-13H2,1-5H3,(H3,21,22,23);1H. The van der Waals surface area contributed by atoms with Crippen molar-refractivity contribution >= 4 is 41.7 Å². The van der Waals surface area contributed by atoms with Crippen molar-refractivity contribution in [3.8, 4) is 0 Å². The van der Waals surface area contributed by atoms with Crippen molar-refractivity contribution in [1.82, 2.24) is 4.90 Å². The van der Waals surface area contributed by atoms with Crippen LogP contribution in [-0.4, -0.2) is 42.2 Å². The lowest BCUT2D eigenvalue weighted by Gasteiger charge is -2.24. The third-order valence-corrected chi connectivity index (χ3v) is 4.28. The van der Waals surface area contributed by atoms with Crippen LogP contribution in [0, 0.1) is 5.92 Å². The van der Waals surface area contributed by atoms with Crippen LogP contribution in [0.5, 0.6) is 0 Å². The van der Waals surface area contributed by atoms with E-state index in [0.29, 0.717) is 37.4 Å². The minimum atomic E-state index is -0.466. The first-order valence-corrected chi connectivity index (χ1v) is 9.29. The molecule has 152 valence electrons. The summed E-state index contributed by atoms with van der Waals surface area (Å²) in [7, 11) is 0. The first-order chi connectivity index (χ1) is 12.1. The number of benzene rings is 1. The van der Waals surface area contributed by atoms with Crippen molar-refractivity contribution in [1.29, 1.82) is 0 Å². The largest absolute Gasteiger partial charge is 0.444 e. The fourth-order valence-electron chi connectivity index (χ4n) is 2.86. The molecule has 1 unspecified atom stereocenters. The van der Waals surface area contributed by atoms with Crippen LogP contribution in [-0.2, 0) is 4.74 Å². The molecule has 0 spiro atoms. The number of nitrogens with one attached hydrogen (secondary N) is 1. The van der Waals surface area contributed by atoms with Crippen LogP contribution < -0.4 is 11.1 Å². The number of anilines is 1. The number of nitrogens with zero attached hydrogens (tertiary/aromatic N) is 2. The van der Waals surface area contributed by atoms with E-state index in [9.17, 15) is 4.79 Å². The molecular formula is C20H33IN4O2. The molecule has 7 heteroatoms. The van der Waals surface area contributed by atoms with Gasteiger partial charge in [0.05, 0.1) is 0 Å². The number of halogens is 1. The van der Waals surface area contributed by atoms with Gasteiger partial charge in [0.1, 0.15) is 5.60 Å². The van der Waals surface area contributed by atoms with Gasteiger partial charge >= 0.3 is 6.09 Å². The van der Waals surface area contributed by atoms with E-state index in [1.165, 1.54) is 5.56 Å². The Morgan fingerprint density at radius 2 is 2.11 bits per heavy atom. The molecule has 1 fully saturated rings. The predicted octanol–water partition coefficient (Wildman–Crippen LogP) is 4.41. The topological polar surface area (TPSA) is 80.0 Å². The molecule has 1 atom stereocenters. The molecule has 1 aliphatic rings. The summed E-state index contributed by atoms with van der Waals surface area (Å²) in [6, 6.07) is 8.19. The molecule has 1 aromatic carbocycles. The molecule has 2 rings (SSSR count). The Morgan fingerprint density at radius 3 is 2.74 bits per heavy atom. The van der Waals surface area contributed by atoms with Crippen LogP contribution >= 0.6 is 24.0 Å². The SMILES string of the molecule is CC(C)c1cccc(NC(N)=NCC2CCN(C(=O)OC(C)(C)C)C2)c1.I. The zero-order valence-corrected chi connectivity index (χ0v) is 19.3. The summed E-state index contributed by atoms with van der Waals surface area (Å²) in [4.78, 5) is 18.3. The maximum Gasteiger partial charge on any atom is 0.410 e. The van der Waals surface area contributed by atoms with Crippen LogP contribution in [0.15, 0.2) is 29.3 Å². The van der Waals surface area contributed by atoms with Gasteiger partial charge in [0, 0.05) is 25.3 Å². The van der Waals surface area contributed by atoms with E-state index in [2.05, 4.69) is 36.3 Å². The molecule has 1 saturated heterocycles. The highest BCUT2D eigenvalue weighted by Crippen LogP contribution is 2.20. The molecule has 1 amide bonds. The van der Waals surface area contributed by atoms with Crippen molar-refractivity contribution in [2.75, 3.05) is 25.0 Å². The number of guanidine groups is 1. The van der Waals surface area contributed by atoms with Crippen molar-refractivity contribution in [3.63, 3.8) is 0 Å². The average Bonchev–Trinajstić information content (AvgIpc) is 3.01. The molecule has 0 bridgehead atoms. The van der Waals surface area contributed by atoms with Gasteiger partial charge in [-0.2, -0.15) is 0 Å². The van der Waals surface area contributed by atoms with Crippen LogP contribution in [0.25, 0.3) is 0 Å². The Bertz CT molecular complexity index is 656. The van der Waals surface area contributed by atoms with Gasteiger partial charge in [-0.05, 0) is 56.7 Å². The second kappa shape index (κ2) is 10.1. The zero-order valence-electron chi connectivity index (χ0n) is 17.0. The Hall–Kier alpha value is -1.51. The van der Waals surface area contributed by atoms with Gasteiger partial charge < -0.3 is 20.7 Å². The van der Waals surface area contributed by atoms with Gasteiger partial charge in [-0.3, -0.25) is 4.99 Å². The lowest BCUT2D eigenvalue weighted by atomic mass is 10.0. The van der Waals surface area contributed by atoms with Crippen LogP contribution in [0.4, 0.5) is 10.5 Å². The van der Waals surface area contributed by atoms with Crippen LogP contribution in [0.1, 0.15) is 52.5 Å². The number of amides is 1. The fourth-order valence-corrected chi connectivity index (χ4v) is 2.86. The number of ether oxygens (including phenoxy) is 1. The zero-order chi connectivity index (χ0) is 19.3. The van der Waals surface area contributed by atoms with Gasteiger partial charge in [-0.1, -0.05) is 26.0 Å². The molecule has 6 nitrogen and oxygen atoms in total. The Kier molecular flexibility index (Phi) is 8.84. The number of nitrogens with two attached hydrogens (primary N) is 1. The average molecular weight is 488 g/mol. The van der Waals surface area contributed by atoms with Gasteiger partial charge in [-0.25, -0.2) is 4.79 Å². The molecule has 0 aliphatic carbocycles. The van der Waals surface area contributed by atoms with Crippen LogP contribution in [0.3, 0.4) is 0 Å². The highest BCUT2D eigenvalue weighted by Gasteiger charge is 2.29. The smallest absolute Gasteiger partial charge is 0.410 e. The molecule has 0 radical (unpaired) electrons. The minimum Gasteiger partial charge on any atom is -0.444 e. The lowest BCUT2D eigenvalue weighted by Crippen LogP contribution is -2.35. The number of carbonyl (C=O) groups excluding carboxylic acids is 1.